The third-order valence-electron chi connectivity index (χ3n) is 2.33. The molecule has 17 heavy (non-hydrogen) atoms. The summed E-state index contributed by atoms with van der Waals surface area (Å²) >= 11 is 0. The number of hydrogen-bond acceptors (Lipinski definition) is 4. The van der Waals surface area contributed by atoms with E-state index in [0.29, 0.717) is 11.3 Å². The highest BCUT2D eigenvalue weighted by atomic mass is 16.5. The van der Waals surface area contributed by atoms with Crippen LogP contribution in [0.5, 0.6) is 0 Å². The second-order valence-corrected chi connectivity index (χ2v) is 4.16. The number of benzene rings is 1. The van der Waals surface area contributed by atoms with Crippen molar-refractivity contribution in [2.24, 2.45) is 0 Å². The maximum Gasteiger partial charge on any atom is 0.330 e. The number of carbonyl (C=O) groups is 2. The van der Waals surface area contributed by atoms with Gasteiger partial charge in [0.05, 0.1) is 12.7 Å². The van der Waals surface area contributed by atoms with Crippen LogP contribution in [0.3, 0.4) is 0 Å². The number of nitrogens with two attached hydrogens (primary N) is 1. The number of anilines is 1. The number of rotatable bonds is 3. The first-order chi connectivity index (χ1) is 7.88. The molecule has 0 aromatic heterocycles. The molecule has 1 amide bonds. The van der Waals surface area contributed by atoms with E-state index in [0.717, 1.165) is 0 Å². The fourth-order valence-electron chi connectivity index (χ4n) is 1.36. The zero-order chi connectivity index (χ0) is 13.1. The summed E-state index contributed by atoms with van der Waals surface area (Å²) in [6.07, 6.45) is 0. The van der Waals surface area contributed by atoms with Crippen LogP contribution >= 0.6 is 0 Å². The number of carbonyl (C=O) groups excluding carboxylic acids is 2. The molecule has 3 N–H and O–H groups in total. The monoisotopic (exact) mass is 236 g/mol. The van der Waals surface area contributed by atoms with Gasteiger partial charge in [-0.15, -0.1) is 0 Å². The lowest BCUT2D eigenvalue weighted by Gasteiger charge is -2.23. The average molecular weight is 236 g/mol. The van der Waals surface area contributed by atoms with Crippen molar-refractivity contribution < 1.29 is 14.3 Å². The van der Waals surface area contributed by atoms with Crippen LogP contribution in [0.4, 0.5) is 5.69 Å². The van der Waals surface area contributed by atoms with Crippen LogP contribution in [-0.2, 0) is 9.53 Å². The molecule has 5 heteroatoms. The fraction of sp³-hybridized carbons (Fsp3) is 0.333. The maximum atomic E-state index is 11.9. The molecule has 0 atom stereocenters. The van der Waals surface area contributed by atoms with E-state index in [9.17, 15) is 9.59 Å². The number of amides is 1. The molecule has 0 radical (unpaired) electrons. The van der Waals surface area contributed by atoms with Gasteiger partial charge in [0.25, 0.3) is 5.91 Å². The molecule has 0 aliphatic heterocycles. The summed E-state index contributed by atoms with van der Waals surface area (Å²) in [5, 5.41) is 2.57. The van der Waals surface area contributed by atoms with Crippen molar-refractivity contribution in [2.75, 3.05) is 12.8 Å². The Hall–Kier alpha value is -2.04. The van der Waals surface area contributed by atoms with Crippen molar-refractivity contribution in [3.05, 3.63) is 29.8 Å². The predicted octanol–water partition coefficient (Wildman–Crippen LogP) is 0.950. The van der Waals surface area contributed by atoms with Crippen LogP contribution in [0.2, 0.25) is 0 Å². The molecule has 0 heterocycles. The zero-order valence-electron chi connectivity index (χ0n) is 10.1. The summed E-state index contributed by atoms with van der Waals surface area (Å²) in [7, 11) is 1.27. The lowest BCUT2D eigenvalue weighted by Crippen LogP contribution is -2.50. The first-order valence-electron chi connectivity index (χ1n) is 5.14. The Kier molecular flexibility index (Phi) is 3.73. The van der Waals surface area contributed by atoms with Crippen molar-refractivity contribution in [1.82, 2.24) is 5.32 Å². The van der Waals surface area contributed by atoms with Crippen molar-refractivity contribution in [1.29, 1.82) is 0 Å². The zero-order valence-corrected chi connectivity index (χ0v) is 10.1. The lowest BCUT2D eigenvalue weighted by molar-refractivity contribution is -0.146. The Morgan fingerprint density at radius 1 is 1.29 bits per heavy atom. The van der Waals surface area contributed by atoms with Crippen molar-refractivity contribution in [3.8, 4) is 0 Å². The van der Waals surface area contributed by atoms with Gasteiger partial charge in [-0.2, -0.15) is 0 Å². The van der Waals surface area contributed by atoms with Gasteiger partial charge >= 0.3 is 5.97 Å². The molecule has 0 aliphatic rings. The van der Waals surface area contributed by atoms with Gasteiger partial charge in [0.2, 0.25) is 0 Å². The number of ether oxygens (including phenoxy) is 1. The third kappa shape index (κ3) is 2.96. The molecule has 0 bridgehead atoms. The maximum absolute atomic E-state index is 11.9. The summed E-state index contributed by atoms with van der Waals surface area (Å²) in [4.78, 5) is 23.3. The van der Waals surface area contributed by atoms with Crippen LogP contribution in [0.1, 0.15) is 24.2 Å². The number of methoxy groups -OCH3 is 1. The second kappa shape index (κ2) is 4.86. The van der Waals surface area contributed by atoms with Crippen LogP contribution in [0, 0.1) is 0 Å². The minimum absolute atomic E-state index is 0.337. The normalized spacial score (nSPS) is 10.8. The average Bonchev–Trinajstić information content (AvgIpc) is 2.27. The van der Waals surface area contributed by atoms with Gasteiger partial charge in [-0.05, 0) is 26.0 Å². The first-order valence-corrected chi connectivity index (χ1v) is 5.14. The molecule has 0 spiro atoms. The summed E-state index contributed by atoms with van der Waals surface area (Å²) in [6, 6.07) is 6.66. The van der Waals surface area contributed by atoms with Gasteiger partial charge in [0.1, 0.15) is 5.54 Å². The number of nitrogens with one attached hydrogen (secondary N) is 1. The van der Waals surface area contributed by atoms with E-state index >= 15 is 0 Å². The number of nitrogen functional groups attached to an aromatic ring is 1. The number of hydrogen-bond donors (Lipinski definition) is 2. The van der Waals surface area contributed by atoms with E-state index in [1.807, 2.05) is 0 Å². The fourth-order valence-corrected chi connectivity index (χ4v) is 1.36. The molecule has 0 unspecified atom stereocenters. The van der Waals surface area contributed by atoms with Crippen molar-refractivity contribution >= 4 is 17.6 Å². The number of para-hydroxylation sites is 1. The highest BCUT2D eigenvalue weighted by Crippen LogP contribution is 2.13. The molecule has 92 valence electrons. The molecule has 0 saturated carbocycles. The largest absolute Gasteiger partial charge is 0.467 e. The summed E-state index contributed by atoms with van der Waals surface area (Å²) in [5.41, 5.74) is 5.29. The molecule has 0 saturated heterocycles. The van der Waals surface area contributed by atoms with Crippen molar-refractivity contribution in [3.63, 3.8) is 0 Å². The van der Waals surface area contributed by atoms with Crippen molar-refractivity contribution in [2.45, 2.75) is 19.4 Å². The molecule has 0 aliphatic carbocycles. The topological polar surface area (TPSA) is 81.4 Å². The summed E-state index contributed by atoms with van der Waals surface area (Å²) < 4.78 is 4.60. The van der Waals surface area contributed by atoms with E-state index in [1.165, 1.54) is 7.11 Å². The van der Waals surface area contributed by atoms with Gasteiger partial charge in [-0.1, -0.05) is 12.1 Å². The van der Waals surface area contributed by atoms with Gasteiger partial charge in [-0.25, -0.2) is 4.79 Å². The Balaban J connectivity index is 2.87. The van der Waals surface area contributed by atoms with E-state index in [4.69, 9.17) is 5.73 Å². The predicted molar refractivity (Wildman–Crippen MR) is 64.4 cm³/mol. The standard InChI is InChI=1S/C12H16N2O3/c1-12(2,11(16)17-3)14-10(15)8-6-4-5-7-9(8)13/h4-7H,13H2,1-3H3,(H,14,15). The molecular weight excluding hydrogens is 220 g/mol. The second-order valence-electron chi connectivity index (χ2n) is 4.16. The van der Waals surface area contributed by atoms with Gasteiger partial charge < -0.3 is 15.8 Å². The van der Waals surface area contributed by atoms with Crippen LogP contribution in [0.15, 0.2) is 24.3 Å². The Morgan fingerprint density at radius 3 is 2.41 bits per heavy atom. The summed E-state index contributed by atoms with van der Waals surface area (Å²) in [6.45, 7) is 3.13. The highest BCUT2D eigenvalue weighted by Gasteiger charge is 2.31. The number of esters is 1. The van der Waals surface area contributed by atoms with E-state index in [-0.39, 0.29) is 0 Å². The Bertz CT molecular complexity index is 441. The van der Waals surface area contributed by atoms with Gasteiger partial charge in [0.15, 0.2) is 0 Å². The molecule has 1 aromatic rings. The molecule has 0 fully saturated rings. The molecule has 1 aromatic carbocycles. The van der Waals surface area contributed by atoms with Crippen LogP contribution in [0.25, 0.3) is 0 Å². The molecular formula is C12H16N2O3. The Labute approximate surface area is 99.9 Å². The van der Waals surface area contributed by atoms with Crippen LogP contribution < -0.4 is 11.1 Å². The SMILES string of the molecule is COC(=O)C(C)(C)NC(=O)c1ccccc1N. The minimum Gasteiger partial charge on any atom is -0.467 e. The smallest absolute Gasteiger partial charge is 0.330 e. The third-order valence-corrected chi connectivity index (χ3v) is 2.33. The van der Waals surface area contributed by atoms with E-state index in [2.05, 4.69) is 10.1 Å². The Morgan fingerprint density at radius 2 is 1.88 bits per heavy atom. The lowest BCUT2D eigenvalue weighted by atomic mass is 10.0. The van der Waals surface area contributed by atoms with Gasteiger partial charge in [0, 0.05) is 5.69 Å². The quantitative estimate of drug-likeness (QED) is 0.604. The molecule has 5 nitrogen and oxygen atoms in total. The van der Waals surface area contributed by atoms with E-state index < -0.39 is 17.4 Å². The minimum atomic E-state index is -1.09. The van der Waals surface area contributed by atoms with Gasteiger partial charge in [-0.3, -0.25) is 4.79 Å². The first kappa shape index (κ1) is 13.0. The summed E-state index contributed by atoms with van der Waals surface area (Å²) in [5.74, 6) is -0.918. The molecule has 1 rings (SSSR count). The highest BCUT2D eigenvalue weighted by molar-refractivity contribution is 6.01. The van der Waals surface area contributed by atoms with Crippen LogP contribution in [-0.4, -0.2) is 24.5 Å². The van der Waals surface area contributed by atoms with E-state index in [1.54, 1.807) is 38.1 Å².